The maximum atomic E-state index is 2.56. The Balaban J connectivity index is 1.07. The van der Waals surface area contributed by atoms with E-state index in [2.05, 4.69) is 179 Å². The van der Waals surface area contributed by atoms with Crippen molar-refractivity contribution in [2.45, 2.75) is 31.1 Å². The van der Waals surface area contributed by atoms with Crippen LogP contribution in [0.1, 0.15) is 36.8 Å². The van der Waals surface area contributed by atoms with E-state index in [1.807, 2.05) is 0 Å². The molecule has 3 atom stereocenters. The largest absolute Gasteiger partial charge is 0.310 e. The monoisotopic (exact) mass is 654 g/mol. The molecular formula is C49H38N2. The number of rotatable bonds is 5. The summed E-state index contributed by atoms with van der Waals surface area (Å²) in [6.07, 6.45) is 5.39. The third-order valence-electron chi connectivity index (χ3n) is 12.5. The molecule has 2 nitrogen and oxygen atoms in total. The van der Waals surface area contributed by atoms with Gasteiger partial charge in [-0.25, -0.2) is 0 Å². The second-order valence-corrected chi connectivity index (χ2v) is 15.0. The fourth-order valence-electron chi connectivity index (χ4n) is 10.3. The van der Waals surface area contributed by atoms with E-state index in [0.29, 0.717) is 0 Å². The van der Waals surface area contributed by atoms with Gasteiger partial charge in [0.1, 0.15) is 0 Å². The summed E-state index contributed by atoms with van der Waals surface area (Å²) in [5.41, 5.74) is 15.8. The van der Waals surface area contributed by atoms with Gasteiger partial charge in [0, 0.05) is 38.9 Å². The second kappa shape index (κ2) is 11.1. The minimum Gasteiger partial charge on any atom is -0.310 e. The Hall–Kier alpha value is -5.86. The van der Waals surface area contributed by atoms with E-state index in [1.54, 1.807) is 11.1 Å². The van der Waals surface area contributed by atoms with Gasteiger partial charge in [-0.05, 0) is 125 Å². The Kier molecular flexibility index (Phi) is 6.28. The average Bonchev–Trinajstić information content (AvgIpc) is 3.97. The second-order valence-electron chi connectivity index (χ2n) is 15.0. The first-order valence-electron chi connectivity index (χ1n) is 18.5. The van der Waals surface area contributed by atoms with E-state index in [4.69, 9.17) is 0 Å². The molecule has 1 aromatic heterocycles. The first-order valence-corrected chi connectivity index (χ1v) is 18.5. The van der Waals surface area contributed by atoms with E-state index < -0.39 is 0 Å². The molecule has 3 unspecified atom stereocenters. The molecule has 0 amide bonds. The van der Waals surface area contributed by atoms with Crippen LogP contribution in [0.25, 0.3) is 49.7 Å². The van der Waals surface area contributed by atoms with E-state index in [9.17, 15) is 0 Å². The SMILES string of the molecule is c1ccc(-c2ccc(N(c3ccc(-n4c5ccccc5c5ccccc54)cc3)c3ccc4c(c3)C3(CC5CCC3C5)c3ccccc3-4)cc2)cc1. The minimum absolute atomic E-state index is 0.133. The maximum Gasteiger partial charge on any atom is 0.0541 e. The highest BCUT2D eigenvalue weighted by molar-refractivity contribution is 6.09. The van der Waals surface area contributed by atoms with Crippen molar-refractivity contribution < 1.29 is 0 Å². The summed E-state index contributed by atoms with van der Waals surface area (Å²) in [7, 11) is 0. The maximum absolute atomic E-state index is 2.56. The predicted molar refractivity (Wildman–Crippen MR) is 213 cm³/mol. The zero-order valence-corrected chi connectivity index (χ0v) is 28.5. The summed E-state index contributed by atoms with van der Waals surface area (Å²) in [5, 5.41) is 2.57. The van der Waals surface area contributed by atoms with Gasteiger partial charge in [0.05, 0.1) is 11.0 Å². The summed E-state index contributed by atoms with van der Waals surface area (Å²) in [5.74, 6) is 1.57. The predicted octanol–water partition coefficient (Wildman–Crippen LogP) is 13.0. The van der Waals surface area contributed by atoms with Crippen LogP contribution >= 0.6 is 0 Å². The van der Waals surface area contributed by atoms with Gasteiger partial charge in [-0.15, -0.1) is 0 Å². The molecule has 2 heteroatoms. The van der Waals surface area contributed by atoms with Gasteiger partial charge in [0.15, 0.2) is 0 Å². The van der Waals surface area contributed by atoms with Crippen LogP contribution in [-0.2, 0) is 5.41 Å². The van der Waals surface area contributed by atoms with Crippen molar-refractivity contribution in [2.24, 2.45) is 11.8 Å². The zero-order chi connectivity index (χ0) is 33.5. The lowest BCUT2D eigenvalue weighted by Crippen LogP contribution is -2.32. The van der Waals surface area contributed by atoms with Crippen LogP contribution in [0.15, 0.2) is 170 Å². The molecule has 0 aliphatic heterocycles. The molecule has 11 rings (SSSR count). The van der Waals surface area contributed by atoms with E-state index in [1.165, 1.54) is 81.1 Å². The lowest BCUT2D eigenvalue weighted by Gasteiger charge is -2.37. The molecule has 3 aliphatic rings. The van der Waals surface area contributed by atoms with Crippen molar-refractivity contribution in [2.75, 3.05) is 4.90 Å². The average molecular weight is 655 g/mol. The third kappa shape index (κ3) is 4.23. The zero-order valence-electron chi connectivity index (χ0n) is 28.5. The van der Waals surface area contributed by atoms with E-state index in [0.717, 1.165) is 23.2 Å². The summed E-state index contributed by atoms with van der Waals surface area (Å²) < 4.78 is 2.40. The highest BCUT2D eigenvalue weighted by atomic mass is 15.1. The standard InChI is InChI=1S/C49H38N2/c1-2-10-34(11-3-1)35-19-22-37(23-20-35)50(38-24-26-39(27-25-38)51-47-16-8-5-13-43(47)44-14-6-9-17-48(44)51)40-28-29-42-41-12-4-7-15-45(41)49(46(42)31-40)32-33-18-21-36(49)30-33/h1-17,19-20,22-29,31,33,36H,18,21,30,32H2. The Bertz CT molecular complexity index is 2540. The van der Waals surface area contributed by atoms with Gasteiger partial charge in [0.25, 0.3) is 0 Å². The van der Waals surface area contributed by atoms with Crippen molar-refractivity contribution in [1.29, 1.82) is 0 Å². The van der Waals surface area contributed by atoms with Crippen molar-refractivity contribution in [3.63, 3.8) is 0 Å². The van der Waals surface area contributed by atoms with Gasteiger partial charge in [0.2, 0.25) is 0 Å². The first-order chi connectivity index (χ1) is 25.3. The van der Waals surface area contributed by atoms with Gasteiger partial charge in [-0.2, -0.15) is 0 Å². The number of hydrogen-bond donors (Lipinski definition) is 0. The van der Waals surface area contributed by atoms with Gasteiger partial charge >= 0.3 is 0 Å². The number of fused-ring (bicyclic) bond motifs is 11. The molecule has 8 aromatic rings. The van der Waals surface area contributed by atoms with Gasteiger partial charge in [-0.3, -0.25) is 0 Å². The number of anilines is 3. The Labute approximate surface area is 299 Å². The molecule has 2 saturated carbocycles. The molecule has 0 N–H and O–H groups in total. The van der Waals surface area contributed by atoms with Gasteiger partial charge < -0.3 is 9.47 Å². The topological polar surface area (TPSA) is 8.17 Å². The lowest BCUT2D eigenvalue weighted by molar-refractivity contribution is 0.327. The van der Waals surface area contributed by atoms with Crippen LogP contribution < -0.4 is 4.90 Å². The molecule has 1 heterocycles. The molecule has 51 heavy (non-hydrogen) atoms. The number of nitrogens with zero attached hydrogens (tertiary/aromatic N) is 2. The number of hydrogen-bond acceptors (Lipinski definition) is 1. The molecule has 2 fully saturated rings. The fourth-order valence-corrected chi connectivity index (χ4v) is 10.3. The number of aromatic nitrogens is 1. The number of para-hydroxylation sites is 2. The summed E-state index contributed by atoms with van der Waals surface area (Å²) in [4.78, 5) is 2.47. The molecule has 2 bridgehead atoms. The quantitative estimate of drug-likeness (QED) is 0.179. The number of benzene rings is 7. The molecular weight excluding hydrogens is 617 g/mol. The Morgan fingerprint density at radius 2 is 1.08 bits per heavy atom. The van der Waals surface area contributed by atoms with Crippen molar-refractivity contribution >= 4 is 38.9 Å². The molecule has 7 aromatic carbocycles. The normalized spacial score (nSPS) is 19.9. The summed E-state index contributed by atoms with van der Waals surface area (Å²) in [6, 6.07) is 63.1. The van der Waals surface area contributed by atoms with Crippen LogP contribution in [0.4, 0.5) is 17.1 Å². The molecule has 244 valence electrons. The van der Waals surface area contributed by atoms with Gasteiger partial charge in [-0.1, -0.05) is 116 Å². The van der Waals surface area contributed by atoms with Crippen molar-refractivity contribution in [3.8, 4) is 27.9 Å². The van der Waals surface area contributed by atoms with Crippen LogP contribution in [-0.4, -0.2) is 4.57 Å². The molecule has 3 aliphatic carbocycles. The highest BCUT2D eigenvalue weighted by Crippen LogP contribution is 2.66. The minimum atomic E-state index is 0.133. The highest BCUT2D eigenvalue weighted by Gasteiger charge is 2.56. The Morgan fingerprint density at radius 1 is 0.490 bits per heavy atom. The van der Waals surface area contributed by atoms with E-state index >= 15 is 0 Å². The van der Waals surface area contributed by atoms with Crippen LogP contribution in [0.5, 0.6) is 0 Å². The first kappa shape index (κ1) is 28.9. The molecule has 0 radical (unpaired) electrons. The smallest absolute Gasteiger partial charge is 0.0541 e. The van der Waals surface area contributed by atoms with Crippen molar-refractivity contribution in [3.05, 3.63) is 181 Å². The summed E-state index contributed by atoms with van der Waals surface area (Å²) in [6.45, 7) is 0. The van der Waals surface area contributed by atoms with Crippen LogP contribution in [0, 0.1) is 11.8 Å². The lowest BCUT2D eigenvalue weighted by atomic mass is 9.67. The van der Waals surface area contributed by atoms with Crippen molar-refractivity contribution in [1.82, 2.24) is 4.57 Å². The fraction of sp³-hybridized carbons (Fsp3) is 0.143. The Morgan fingerprint density at radius 3 is 1.76 bits per heavy atom. The molecule has 0 saturated heterocycles. The van der Waals surface area contributed by atoms with Crippen LogP contribution in [0.2, 0.25) is 0 Å². The molecule has 1 spiro atoms. The summed E-state index contributed by atoms with van der Waals surface area (Å²) >= 11 is 0. The van der Waals surface area contributed by atoms with Crippen LogP contribution in [0.3, 0.4) is 0 Å². The van der Waals surface area contributed by atoms with E-state index in [-0.39, 0.29) is 5.41 Å². The third-order valence-corrected chi connectivity index (χ3v) is 12.5.